The zero-order valence-corrected chi connectivity index (χ0v) is 16.4. The Labute approximate surface area is 147 Å². The number of sulfonamides is 1. The SMILES string of the molecule is Cc1cc(NCCCCCNS(=O)(=O)C(C)C)c(C)c2c1CCC2. The topological polar surface area (TPSA) is 58.2 Å². The molecule has 4 nitrogen and oxygen atoms in total. The van der Waals surface area contributed by atoms with Gasteiger partial charge in [0.25, 0.3) is 0 Å². The Morgan fingerprint density at radius 2 is 1.71 bits per heavy atom. The quantitative estimate of drug-likeness (QED) is 0.666. The summed E-state index contributed by atoms with van der Waals surface area (Å²) in [5, 5.41) is 3.21. The molecule has 24 heavy (non-hydrogen) atoms. The van der Waals surface area contributed by atoms with Gasteiger partial charge in [-0.15, -0.1) is 0 Å². The minimum Gasteiger partial charge on any atom is -0.385 e. The summed E-state index contributed by atoms with van der Waals surface area (Å²) < 4.78 is 25.9. The van der Waals surface area contributed by atoms with Crippen LogP contribution in [0.2, 0.25) is 0 Å². The van der Waals surface area contributed by atoms with Crippen LogP contribution in [0.25, 0.3) is 0 Å². The van der Waals surface area contributed by atoms with Crippen LogP contribution in [0.4, 0.5) is 5.69 Å². The van der Waals surface area contributed by atoms with Crippen molar-refractivity contribution in [1.29, 1.82) is 0 Å². The van der Waals surface area contributed by atoms with E-state index in [1.165, 1.54) is 36.1 Å². The van der Waals surface area contributed by atoms with Crippen LogP contribution in [0, 0.1) is 13.8 Å². The summed E-state index contributed by atoms with van der Waals surface area (Å²) in [5.41, 5.74) is 7.22. The van der Waals surface area contributed by atoms with E-state index >= 15 is 0 Å². The standard InChI is InChI=1S/C19H32N2O2S/c1-14(2)24(22,23)21-12-7-5-6-11-20-19-13-15(3)17-9-8-10-18(17)16(19)4/h13-14,20-21H,5-12H2,1-4H3. The lowest BCUT2D eigenvalue weighted by Gasteiger charge is -2.16. The van der Waals surface area contributed by atoms with E-state index in [0.717, 1.165) is 25.8 Å². The van der Waals surface area contributed by atoms with Crippen molar-refractivity contribution in [3.05, 3.63) is 28.3 Å². The van der Waals surface area contributed by atoms with Gasteiger partial charge in [0.1, 0.15) is 0 Å². The van der Waals surface area contributed by atoms with Crippen molar-refractivity contribution in [2.75, 3.05) is 18.4 Å². The van der Waals surface area contributed by atoms with Gasteiger partial charge in [0.2, 0.25) is 10.0 Å². The Hall–Kier alpha value is -1.07. The minimum atomic E-state index is -3.12. The first-order valence-corrected chi connectivity index (χ1v) is 10.7. The average molecular weight is 353 g/mol. The molecule has 0 radical (unpaired) electrons. The molecule has 1 aliphatic carbocycles. The molecular weight excluding hydrogens is 320 g/mol. The fourth-order valence-corrected chi connectivity index (χ4v) is 4.14. The molecule has 0 saturated carbocycles. The van der Waals surface area contributed by atoms with Crippen LogP contribution < -0.4 is 10.0 Å². The molecule has 0 amide bonds. The van der Waals surface area contributed by atoms with E-state index in [1.54, 1.807) is 25.0 Å². The predicted octanol–water partition coefficient (Wildman–Crippen LogP) is 3.70. The molecule has 1 aromatic rings. The van der Waals surface area contributed by atoms with Gasteiger partial charge in [-0.25, -0.2) is 13.1 Å². The van der Waals surface area contributed by atoms with Gasteiger partial charge in [-0.3, -0.25) is 0 Å². The van der Waals surface area contributed by atoms with Gasteiger partial charge in [-0.2, -0.15) is 0 Å². The molecular formula is C19H32N2O2S. The van der Waals surface area contributed by atoms with Gasteiger partial charge in [0.05, 0.1) is 5.25 Å². The first-order chi connectivity index (χ1) is 11.3. The molecule has 0 saturated heterocycles. The number of hydrogen-bond donors (Lipinski definition) is 2. The molecule has 5 heteroatoms. The van der Waals surface area contributed by atoms with E-state index in [1.807, 2.05) is 0 Å². The highest BCUT2D eigenvalue weighted by Gasteiger charge is 2.17. The van der Waals surface area contributed by atoms with Gasteiger partial charge < -0.3 is 5.32 Å². The number of rotatable bonds is 9. The van der Waals surface area contributed by atoms with Crippen LogP contribution >= 0.6 is 0 Å². The summed E-state index contributed by atoms with van der Waals surface area (Å²) in [7, 11) is -3.12. The van der Waals surface area contributed by atoms with Crippen LogP contribution in [0.5, 0.6) is 0 Å². The second-order valence-corrected chi connectivity index (χ2v) is 9.47. The van der Waals surface area contributed by atoms with Gasteiger partial charge in [0.15, 0.2) is 0 Å². The van der Waals surface area contributed by atoms with Crippen LogP contribution in [0.3, 0.4) is 0 Å². The fourth-order valence-electron chi connectivity index (χ4n) is 3.38. The van der Waals surface area contributed by atoms with Crippen LogP contribution in [0.15, 0.2) is 6.07 Å². The Bertz CT molecular complexity index is 666. The molecule has 136 valence electrons. The third kappa shape index (κ3) is 4.73. The molecule has 1 aliphatic rings. The third-order valence-corrected chi connectivity index (χ3v) is 6.85. The summed E-state index contributed by atoms with van der Waals surface area (Å²) in [6.45, 7) is 9.33. The van der Waals surface area contributed by atoms with Crippen molar-refractivity contribution < 1.29 is 8.42 Å². The molecule has 0 aromatic heterocycles. The molecule has 0 atom stereocenters. The number of hydrogen-bond acceptors (Lipinski definition) is 3. The lowest BCUT2D eigenvalue weighted by Crippen LogP contribution is -2.31. The molecule has 0 aliphatic heterocycles. The largest absolute Gasteiger partial charge is 0.385 e. The number of fused-ring (bicyclic) bond motifs is 1. The first-order valence-electron chi connectivity index (χ1n) is 9.17. The lowest BCUT2D eigenvalue weighted by atomic mass is 9.98. The van der Waals surface area contributed by atoms with E-state index in [4.69, 9.17) is 0 Å². The number of unbranched alkanes of at least 4 members (excludes halogenated alkanes) is 2. The minimum absolute atomic E-state index is 0.356. The summed E-state index contributed by atoms with van der Waals surface area (Å²) in [6, 6.07) is 2.29. The maximum atomic E-state index is 11.6. The number of anilines is 1. The molecule has 0 spiro atoms. The van der Waals surface area contributed by atoms with Crippen molar-refractivity contribution in [2.45, 2.75) is 71.5 Å². The molecule has 2 N–H and O–H groups in total. The van der Waals surface area contributed by atoms with Gasteiger partial charge >= 0.3 is 0 Å². The summed E-state index contributed by atoms with van der Waals surface area (Å²) >= 11 is 0. The molecule has 0 heterocycles. The van der Waals surface area contributed by atoms with E-state index in [-0.39, 0.29) is 5.25 Å². The van der Waals surface area contributed by atoms with E-state index in [2.05, 4.69) is 30.0 Å². The molecule has 2 rings (SSSR count). The average Bonchev–Trinajstić information content (AvgIpc) is 3.01. The highest BCUT2D eigenvalue weighted by atomic mass is 32.2. The highest BCUT2D eigenvalue weighted by Crippen LogP contribution is 2.32. The fraction of sp³-hybridized carbons (Fsp3) is 0.684. The predicted molar refractivity (Wildman–Crippen MR) is 102 cm³/mol. The third-order valence-electron chi connectivity index (χ3n) is 5.00. The smallest absolute Gasteiger partial charge is 0.213 e. The Morgan fingerprint density at radius 3 is 2.42 bits per heavy atom. The Kier molecular flexibility index (Phi) is 6.70. The number of benzene rings is 1. The highest BCUT2D eigenvalue weighted by molar-refractivity contribution is 7.90. The first kappa shape index (κ1) is 19.3. The van der Waals surface area contributed by atoms with E-state index in [9.17, 15) is 8.42 Å². The summed E-state index contributed by atoms with van der Waals surface area (Å²) in [4.78, 5) is 0. The van der Waals surface area contributed by atoms with Crippen molar-refractivity contribution in [1.82, 2.24) is 4.72 Å². The monoisotopic (exact) mass is 352 g/mol. The van der Waals surface area contributed by atoms with E-state index < -0.39 is 10.0 Å². The second kappa shape index (κ2) is 8.34. The van der Waals surface area contributed by atoms with Crippen molar-refractivity contribution in [3.8, 4) is 0 Å². The zero-order chi connectivity index (χ0) is 17.7. The maximum Gasteiger partial charge on any atom is 0.213 e. The van der Waals surface area contributed by atoms with Gasteiger partial charge in [0, 0.05) is 18.8 Å². The number of nitrogens with one attached hydrogen (secondary N) is 2. The lowest BCUT2D eigenvalue weighted by molar-refractivity contribution is 0.566. The maximum absolute atomic E-state index is 11.6. The molecule has 0 unspecified atom stereocenters. The van der Waals surface area contributed by atoms with Crippen molar-refractivity contribution in [2.24, 2.45) is 0 Å². The van der Waals surface area contributed by atoms with E-state index in [0.29, 0.717) is 6.54 Å². The molecule has 0 fully saturated rings. The van der Waals surface area contributed by atoms with Crippen LogP contribution in [-0.4, -0.2) is 26.8 Å². The summed E-state index contributed by atoms with van der Waals surface area (Å²) in [6.07, 6.45) is 6.69. The van der Waals surface area contributed by atoms with Crippen LogP contribution in [0.1, 0.15) is 61.8 Å². The Morgan fingerprint density at radius 1 is 1.04 bits per heavy atom. The Balaban J connectivity index is 1.71. The summed E-state index contributed by atoms with van der Waals surface area (Å²) in [5.74, 6) is 0. The molecule has 1 aromatic carbocycles. The van der Waals surface area contributed by atoms with Gasteiger partial charge in [-0.1, -0.05) is 6.42 Å². The molecule has 0 bridgehead atoms. The van der Waals surface area contributed by atoms with Crippen molar-refractivity contribution >= 4 is 15.7 Å². The number of aryl methyl sites for hydroxylation is 1. The normalized spacial score (nSPS) is 14.2. The van der Waals surface area contributed by atoms with Crippen molar-refractivity contribution in [3.63, 3.8) is 0 Å². The zero-order valence-electron chi connectivity index (χ0n) is 15.5. The van der Waals surface area contributed by atoms with Crippen LogP contribution in [-0.2, 0) is 22.9 Å². The second-order valence-electron chi connectivity index (χ2n) is 7.15. The van der Waals surface area contributed by atoms with Gasteiger partial charge in [-0.05, 0) is 88.1 Å².